The molecule has 0 fully saturated rings. The minimum Gasteiger partial charge on any atom is -0.493 e. The molecule has 0 atom stereocenters. The molecule has 2 heterocycles. The molecule has 21 heavy (non-hydrogen) atoms. The monoisotopic (exact) mass is 317 g/mol. The lowest BCUT2D eigenvalue weighted by Gasteiger charge is -2.21. The summed E-state index contributed by atoms with van der Waals surface area (Å²) < 4.78 is 2.39. The normalized spacial score (nSPS) is 13.6. The van der Waals surface area contributed by atoms with Gasteiger partial charge in [0, 0.05) is 11.6 Å². The molecule has 0 unspecified atom stereocenters. The Bertz CT molecular complexity index is 877. The first kappa shape index (κ1) is 14.2. The molecule has 108 valence electrons. The van der Waals surface area contributed by atoms with Crippen LogP contribution in [0.2, 0.25) is 0 Å². The van der Waals surface area contributed by atoms with Gasteiger partial charge in [0.1, 0.15) is 0 Å². The van der Waals surface area contributed by atoms with Gasteiger partial charge >= 0.3 is 0 Å². The van der Waals surface area contributed by atoms with Crippen molar-refractivity contribution >= 4 is 29.6 Å². The van der Waals surface area contributed by atoms with Crippen molar-refractivity contribution in [3.63, 3.8) is 0 Å². The molecule has 0 spiro atoms. The molecule has 1 aromatic heterocycles. The fourth-order valence-corrected chi connectivity index (χ4v) is 3.79. The van der Waals surface area contributed by atoms with Crippen molar-refractivity contribution in [2.75, 3.05) is 0 Å². The van der Waals surface area contributed by atoms with Crippen LogP contribution in [0.1, 0.15) is 25.6 Å². The average Bonchev–Trinajstić information content (AvgIpc) is 2.89. The molecule has 1 aromatic carbocycles. The molecular weight excluding hydrogens is 302 g/mol. The number of para-hydroxylation sites is 2. The summed E-state index contributed by atoms with van der Waals surface area (Å²) in [6.45, 7) is 6.02. The first-order valence-electron chi connectivity index (χ1n) is 6.56. The maximum atomic E-state index is 10.4. The molecule has 1 aliphatic rings. The summed E-state index contributed by atoms with van der Waals surface area (Å²) in [6.07, 6.45) is 1.78. The van der Waals surface area contributed by atoms with E-state index in [0.29, 0.717) is 14.7 Å². The van der Waals surface area contributed by atoms with Crippen molar-refractivity contribution in [3.8, 4) is 5.88 Å². The van der Waals surface area contributed by atoms with Gasteiger partial charge in [-0.15, -0.1) is 11.3 Å². The van der Waals surface area contributed by atoms with Crippen LogP contribution in [0.4, 0.5) is 0 Å². The molecule has 4 nitrogen and oxygen atoms in total. The number of rotatable bonds is 1. The van der Waals surface area contributed by atoms with Gasteiger partial charge in [-0.2, -0.15) is 0 Å². The first-order valence-corrected chi connectivity index (χ1v) is 7.78. The van der Waals surface area contributed by atoms with Crippen molar-refractivity contribution in [2.24, 2.45) is 9.98 Å². The van der Waals surface area contributed by atoms with Crippen LogP contribution in [-0.4, -0.2) is 9.67 Å². The fourth-order valence-electron chi connectivity index (χ4n) is 2.17. The topological polar surface area (TPSA) is 49.9 Å². The van der Waals surface area contributed by atoms with E-state index >= 15 is 0 Å². The van der Waals surface area contributed by atoms with Crippen LogP contribution in [-0.2, 0) is 5.54 Å². The molecule has 2 aromatic rings. The number of aromatic hydroxyl groups is 1. The minimum absolute atomic E-state index is 0.173. The third kappa shape index (κ3) is 2.56. The lowest BCUT2D eigenvalue weighted by molar-refractivity contribution is 0.323. The van der Waals surface area contributed by atoms with E-state index in [1.54, 1.807) is 10.6 Å². The number of fused-ring (bicyclic) bond motifs is 1. The Balaban J connectivity index is 2.11. The predicted octanol–water partition coefficient (Wildman–Crippen LogP) is 2.99. The third-order valence-electron chi connectivity index (χ3n) is 3.09. The zero-order valence-corrected chi connectivity index (χ0v) is 13.6. The zero-order chi connectivity index (χ0) is 15.2. The van der Waals surface area contributed by atoms with Gasteiger partial charge in [0.2, 0.25) is 5.88 Å². The summed E-state index contributed by atoms with van der Waals surface area (Å²) in [7, 11) is 0. The third-order valence-corrected chi connectivity index (χ3v) is 4.40. The summed E-state index contributed by atoms with van der Waals surface area (Å²) in [4.78, 5) is 9.56. The van der Waals surface area contributed by atoms with Gasteiger partial charge < -0.3 is 5.11 Å². The van der Waals surface area contributed by atoms with Gasteiger partial charge in [-0.25, -0.2) is 9.98 Å². The van der Waals surface area contributed by atoms with Crippen LogP contribution in [0.25, 0.3) is 6.08 Å². The van der Waals surface area contributed by atoms with E-state index in [-0.39, 0.29) is 11.4 Å². The van der Waals surface area contributed by atoms with Gasteiger partial charge in [-0.3, -0.25) is 4.57 Å². The summed E-state index contributed by atoms with van der Waals surface area (Å²) in [5, 5.41) is 12.1. The van der Waals surface area contributed by atoms with Gasteiger partial charge in [0.15, 0.2) is 9.78 Å². The Hall–Kier alpha value is -1.79. The van der Waals surface area contributed by atoms with E-state index < -0.39 is 0 Å². The molecule has 0 radical (unpaired) electrons. The van der Waals surface area contributed by atoms with Gasteiger partial charge in [-0.05, 0) is 45.1 Å². The molecular formula is C15H15N3OS2. The molecule has 0 aliphatic carbocycles. The van der Waals surface area contributed by atoms with Crippen LogP contribution >= 0.6 is 23.6 Å². The standard InChI is InChI=1S/C15H15N3OS2/c1-15(2,3)18-13(19)11(21-14(18)20)8-12-16-9-6-4-5-7-10(9)17-12/h4-8,19H,1-3H3. The van der Waals surface area contributed by atoms with E-state index in [4.69, 9.17) is 12.2 Å². The van der Waals surface area contributed by atoms with Crippen LogP contribution in [0.5, 0.6) is 5.88 Å². The summed E-state index contributed by atoms with van der Waals surface area (Å²) in [6, 6.07) is 7.69. The SMILES string of the molecule is CC(C)(C)n1c(O)c(C=C2N=c3ccccc3=N2)sc1=S. The van der Waals surface area contributed by atoms with E-state index in [2.05, 4.69) is 9.98 Å². The Morgan fingerprint density at radius 1 is 1.19 bits per heavy atom. The quantitative estimate of drug-likeness (QED) is 0.822. The maximum absolute atomic E-state index is 10.4. The zero-order valence-electron chi connectivity index (χ0n) is 12.0. The number of benzene rings is 1. The minimum atomic E-state index is -0.263. The number of thiazole rings is 1. The highest BCUT2D eigenvalue weighted by atomic mass is 32.1. The second-order valence-corrected chi connectivity index (χ2v) is 7.45. The molecule has 1 N–H and O–H groups in total. The van der Waals surface area contributed by atoms with Crippen molar-refractivity contribution in [3.05, 3.63) is 49.6 Å². The second-order valence-electron chi connectivity index (χ2n) is 5.78. The van der Waals surface area contributed by atoms with Gasteiger partial charge in [0.05, 0.1) is 15.6 Å². The number of hydrogen-bond acceptors (Lipinski definition) is 5. The molecule has 0 saturated carbocycles. The lowest BCUT2D eigenvalue weighted by atomic mass is 10.1. The smallest absolute Gasteiger partial charge is 0.211 e. The predicted molar refractivity (Wildman–Crippen MR) is 86.5 cm³/mol. The molecule has 1 aliphatic heterocycles. The molecule has 0 bridgehead atoms. The number of aromatic nitrogens is 1. The maximum Gasteiger partial charge on any atom is 0.211 e. The van der Waals surface area contributed by atoms with Crippen LogP contribution in [0, 0.1) is 3.95 Å². The van der Waals surface area contributed by atoms with Crippen LogP contribution in [0.15, 0.2) is 40.1 Å². The molecule has 0 saturated heterocycles. The van der Waals surface area contributed by atoms with Crippen LogP contribution in [0.3, 0.4) is 0 Å². The first-order chi connectivity index (χ1) is 9.86. The molecule has 3 rings (SSSR count). The van der Waals surface area contributed by atoms with Crippen molar-refractivity contribution in [2.45, 2.75) is 26.3 Å². The lowest BCUT2D eigenvalue weighted by Crippen LogP contribution is -2.21. The summed E-state index contributed by atoms with van der Waals surface area (Å²) in [5.41, 5.74) is -0.263. The highest BCUT2D eigenvalue weighted by Gasteiger charge is 2.21. The average molecular weight is 317 g/mol. The van der Waals surface area contributed by atoms with Crippen molar-refractivity contribution in [1.82, 2.24) is 4.57 Å². The Labute approximate surface area is 131 Å². The Kier molecular flexibility index (Phi) is 3.30. The summed E-state index contributed by atoms with van der Waals surface area (Å²) >= 11 is 6.71. The number of hydrogen-bond donors (Lipinski definition) is 1. The van der Waals surface area contributed by atoms with Crippen molar-refractivity contribution < 1.29 is 5.11 Å². The van der Waals surface area contributed by atoms with Gasteiger partial charge in [-0.1, -0.05) is 12.1 Å². The largest absolute Gasteiger partial charge is 0.493 e. The molecule has 0 amide bonds. The molecule has 6 heteroatoms. The fraction of sp³-hybridized carbons (Fsp3) is 0.267. The second kappa shape index (κ2) is 4.89. The van der Waals surface area contributed by atoms with E-state index in [1.807, 2.05) is 45.0 Å². The Morgan fingerprint density at radius 2 is 1.76 bits per heavy atom. The van der Waals surface area contributed by atoms with Gasteiger partial charge in [0.25, 0.3) is 0 Å². The highest BCUT2D eigenvalue weighted by Crippen LogP contribution is 2.33. The highest BCUT2D eigenvalue weighted by molar-refractivity contribution is 7.73. The van der Waals surface area contributed by atoms with E-state index in [0.717, 1.165) is 10.7 Å². The van der Waals surface area contributed by atoms with Crippen molar-refractivity contribution in [1.29, 1.82) is 0 Å². The Morgan fingerprint density at radius 3 is 2.24 bits per heavy atom. The van der Waals surface area contributed by atoms with Crippen LogP contribution < -0.4 is 10.7 Å². The van der Waals surface area contributed by atoms with E-state index in [1.165, 1.54) is 11.3 Å². The summed E-state index contributed by atoms with van der Waals surface area (Å²) in [5.74, 6) is 0.759. The van der Waals surface area contributed by atoms with E-state index in [9.17, 15) is 5.11 Å². The number of nitrogens with zero attached hydrogens (tertiary/aromatic N) is 3.